The van der Waals surface area contributed by atoms with E-state index in [1.807, 2.05) is 19.1 Å². The number of hydrogen-bond donors (Lipinski definition) is 0. The second-order valence-electron chi connectivity index (χ2n) is 2.23. The van der Waals surface area contributed by atoms with Crippen LogP contribution in [0.3, 0.4) is 0 Å². The van der Waals surface area contributed by atoms with Crippen LogP contribution in [0, 0.1) is 11.8 Å². The highest BCUT2D eigenvalue weighted by Crippen LogP contribution is 2.15. The quantitative estimate of drug-likeness (QED) is 0.606. The van der Waals surface area contributed by atoms with Gasteiger partial charge in [-0.2, -0.15) is 0 Å². The molecule has 0 radical (unpaired) electrons. The number of hydrogen-bond acceptors (Lipinski definition) is 2. The minimum atomic E-state index is 0.495. The Morgan fingerprint density at radius 2 is 2.00 bits per heavy atom. The van der Waals surface area contributed by atoms with Gasteiger partial charge >= 0.3 is 5.69 Å². The largest absolute Gasteiger partial charge is 0.319 e. The maximum atomic E-state index is 10.9. The first kappa shape index (κ1) is 7.72. The highest BCUT2D eigenvalue weighted by atomic mass is 16.8. The van der Waals surface area contributed by atoms with E-state index in [1.54, 1.807) is 12.1 Å². The van der Waals surface area contributed by atoms with Crippen molar-refractivity contribution in [2.24, 2.45) is 0 Å². The SMILES string of the molecule is CO[N+](=O)c1ccccc1C. The molecule has 0 saturated heterocycles. The summed E-state index contributed by atoms with van der Waals surface area (Å²) in [5.74, 6) is 0. The van der Waals surface area contributed by atoms with Gasteiger partial charge in [-0.15, -0.1) is 0 Å². The molecule has 0 aliphatic carbocycles. The molecule has 0 heterocycles. The molecule has 11 heavy (non-hydrogen) atoms. The number of rotatable bonds is 2. The third-order valence-corrected chi connectivity index (χ3v) is 1.48. The van der Waals surface area contributed by atoms with E-state index in [9.17, 15) is 4.91 Å². The monoisotopic (exact) mass is 152 g/mol. The van der Waals surface area contributed by atoms with Gasteiger partial charge in [-0.1, -0.05) is 18.2 Å². The predicted octanol–water partition coefficient (Wildman–Crippen LogP) is 1.97. The van der Waals surface area contributed by atoms with Gasteiger partial charge in [-0.25, -0.2) is 4.84 Å². The molecule has 1 rings (SSSR count). The Bertz CT molecular complexity index is 271. The van der Waals surface area contributed by atoms with Crippen molar-refractivity contribution in [3.63, 3.8) is 0 Å². The van der Waals surface area contributed by atoms with Gasteiger partial charge in [0.2, 0.25) is 0 Å². The molecular formula is C8H10NO2+. The highest BCUT2D eigenvalue weighted by molar-refractivity contribution is 5.37. The first-order valence-electron chi connectivity index (χ1n) is 3.32. The van der Waals surface area contributed by atoms with E-state index in [0.29, 0.717) is 10.6 Å². The first-order valence-corrected chi connectivity index (χ1v) is 3.32. The number of aryl methyl sites for hydroxylation is 1. The van der Waals surface area contributed by atoms with Crippen LogP contribution in [-0.4, -0.2) is 12.0 Å². The minimum absolute atomic E-state index is 0.495. The molecule has 1 aromatic rings. The lowest BCUT2D eigenvalue weighted by Gasteiger charge is -1.91. The standard InChI is InChI=1S/C8H10NO2/c1-7-5-3-4-6-8(7)9(10)11-2/h3-6H,1-2H3/q+1. The molecule has 3 heteroatoms. The zero-order valence-corrected chi connectivity index (χ0v) is 6.57. The molecule has 0 aliphatic heterocycles. The Morgan fingerprint density at radius 1 is 1.36 bits per heavy atom. The van der Waals surface area contributed by atoms with Crippen molar-refractivity contribution in [1.82, 2.24) is 0 Å². The van der Waals surface area contributed by atoms with Crippen LogP contribution in [0.1, 0.15) is 5.56 Å². The molecule has 0 fully saturated rings. The molecule has 0 atom stereocenters. The molecule has 0 bridgehead atoms. The Balaban J connectivity index is 3.03. The molecule has 0 N–H and O–H groups in total. The summed E-state index contributed by atoms with van der Waals surface area (Å²) >= 11 is 0. The van der Waals surface area contributed by atoms with Crippen molar-refractivity contribution in [1.29, 1.82) is 0 Å². The zero-order valence-electron chi connectivity index (χ0n) is 6.57. The van der Waals surface area contributed by atoms with Gasteiger partial charge in [-0.3, -0.25) is 0 Å². The summed E-state index contributed by atoms with van der Waals surface area (Å²) in [6.07, 6.45) is 0. The fourth-order valence-electron chi connectivity index (χ4n) is 0.867. The van der Waals surface area contributed by atoms with Crippen LogP contribution >= 0.6 is 0 Å². The minimum Gasteiger partial charge on any atom is -0.230 e. The summed E-state index contributed by atoms with van der Waals surface area (Å²) in [5, 5.41) is 0. The number of benzene rings is 1. The normalized spacial score (nSPS) is 9.27. The van der Waals surface area contributed by atoms with E-state index >= 15 is 0 Å². The van der Waals surface area contributed by atoms with E-state index < -0.39 is 0 Å². The van der Waals surface area contributed by atoms with Crippen LogP contribution < -0.4 is 0 Å². The number of nitrogens with zero attached hydrogens (tertiary/aromatic N) is 1. The van der Waals surface area contributed by atoms with Crippen LogP contribution in [0.4, 0.5) is 5.69 Å². The van der Waals surface area contributed by atoms with Crippen LogP contribution in [0.15, 0.2) is 24.3 Å². The van der Waals surface area contributed by atoms with Crippen molar-refractivity contribution in [3.8, 4) is 0 Å². The van der Waals surface area contributed by atoms with Crippen molar-refractivity contribution in [3.05, 3.63) is 34.7 Å². The lowest BCUT2D eigenvalue weighted by atomic mass is 10.2. The maximum absolute atomic E-state index is 10.9. The van der Waals surface area contributed by atoms with Crippen LogP contribution in [-0.2, 0) is 4.84 Å². The molecule has 58 valence electrons. The topological polar surface area (TPSA) is 29.3 Å². The molecule has 0 spiro atoms. The summed E-state index contributed by atoms with van der Waals surface area (Å²) in [6.45, 7) is 1.86. The highest BCUT2D eigenvalue weighted by Gasteiger charge is 2.15. The summed E-state index contributed by atoms with van der Waals surface area (Å²) < 4.78 is 0. The van der Waals surface area contributed by atoms with Gasteiger partial charge in [0.05, 0.1) is 4.91 Å². The van der Waals surface area contributed by atoms with Gasteiger partial charge in [0.25, 0.3) is 4.92 Å². The van der Waals surface area contributed by atoms with Crippen LogP contribution in [0.2, 0.25) is 0 Å². The van der Waals surface area contributed by atoms with E-state index in [4.69, 9.17) is 0 Å². The van der Waals surface area contributed by atoms with Crippen LogP contribution in [0.25, 0.3) is 0 Å². The predicted molar refractivity (Wildman–Crippen MR) is 41.5 cm³/mol. The summed E-state index contributed by atoms with van der Waals surface area (Å²) in [4.78, 5) is 15.9. The van der Waals surface area contributed by atoms with Crippen molar-refractivity contribution in [2.45, 2.75) is 6.92 Å². The van der Waals surface area contributed by atoms with Gasteiger partial charge in [0.1, 0.15) is 0 Å². The van der Waals surface area contributed by atoms with Gasteiger partial charge in [-0.05, 0) is 6.92 Å². The second kappa shape index (κ2) is 3.14. The van der Waals surface area contributed by atoms with Crippen LogP contribution in [0.5, 0.6) is 0 Å². The molecule has 0 aromatic heterocycles. The van der Waals surface area contributed by atoms with E-state index in [1.165, 1.54) is 7.11 Å². The third kappa shape index (κ3) is 1.55. The van der Waals surface area contributed by atoms with Gasteiger partial charge in [0.15, 0.2) is 7.11 Å². The second-order valence-corrected chi connectivity index (χ2v) is 2.23. The van der Waals surface area contributed by atoms with E-state index in [-0.39, 0.29) is 0 Å². The summed E-state index contributed by atoms with van der Waals surface area (Å²) in [7, 11) is 1.35. The lowest BCUT2D eigenvalue weighted by molar-refractivity contribution is -0.737. The number of para-hydroxylation sites is 1. The first-order chi connectivity index (χ1) is 5.25. The third-order valence-electron chi connectivity index (χ3n) is 1.48. The Labute approximate surface area is 65.1 Å². The Kier molecular flexibility index (Phi) is 2.21. The summed E-state index contributed by atoms with van der Waals surface area (Å²) in [5.41, 5.74) is 1.46. The summed E-state index contributed by atoms with van der Waals surface area (Å²) in [6, 6.07) is 7.25. The average Bonchev–Trinajstić information content (AvgIpc) is 2.04. The Morgan fingerprint density at radius 3 is 2.55 bits per heavy atom. The molecular weight excluding hydrogens is 142 g/mol. The molecule has 1 aromatic carbocycles. The molecule has 0 saturated carbocycles. The fraction of sp³-hybridized carbons (Fsp3) is 0.250. The van der Waals surface area contributed by atoms with E-state index in [0.717, 1.165) is 5.56 Å². The van der Waals surface area contributed by atoms with Crippen molar-refractivity contribution >= 4 is 5.69 Å². The average molecular weight is 152 g/mol. The molecule has 0 amide bonds. The van der Waals surface area contributed by atoms with Gasteiger partial charge in [0, 0.05) is 11.6 Å². The van der Waals surface area contributed by atoms with Gasteiger partial charge < -0.3 is 0 Å². The molecule has 0 aliphatic rings. The molecule has 3 nitrogen and oxygen atoms in total. The van der Waals surface area contributed by atoms with Crippen molar-refractivity contribution in [2.75, 3.05) is 7.11 Å². The smallest absolute Gasteiger partial charge is 0.230 e. The van der Waals surface area contributed by atoms with Crippen molar-refractivity contribution < 1.29 is 9.76 Å². The fourth-order valence-corrected chi connectivity index (χ4v) is 0.867. The molecule has 0 unspecified atom stereocenters. The zero-order chi connectivity index (χ0) is 8.27. The lowest BCUT2D eigenvalue weighted by Crippen LogP contribution is -1.99. The maximum Gasteiger partial charge on any atom is 0.319 e. The van der Waals surface area contributed by atoms with E-state index in [2.05, 4.69) is 4.84 Å². The Hall–Kier alpha value is -1.38.